The highest BCUT2D eigenvalue weighted by Crippen LogP contribution is 2.24. The van der Waals surface area contributed by atoms with Crippen LogP contribution in [0.2, 0.25) is 0 Å². The Morgan fingerprint density at radius 3 is 2.83 bits per heavy atom. The van der Waals surface area contributed by atoms with E-state index in [0.717, 1.165) is 6.42 Å². The van der Waals surface area contributed by atoms with Gasteiger partial charge in [-0.2, -0.15) is 4.98 Å². The van der Waals surface area contributed by atoms with Crippen molar-refractivity contribution in [3.05, 3.63) is 35.7 Å². The van der Waals surface area contributed by atoms with Crippen LogP contribution in [0.1, 0.15) is 42.4 Å². The largest absolute Gasteiger partial charge is 0.478 e. The average molecular weight is 246 g/mol. The quantitative estimate of drug-likeness (QED) is 0.897. The Kier molecular flexibility index (Phi) is 3.41. The van der Waals surface area contributed by atoms with E-state index in [-0.39, 0.29) is 17.4 Å². The van der Waals surface area contributed by atoms with Crippen molar-refractivity contribution in [1.82, 2.24) is 10.1 Å². The van der Waals surface area contributed by atoms with Crippen LogP contribution in [0.3, 0.4) is 0 Å². The van der Waals surface area contributed by atoms with Crippen molar-refractivity contribution in [3.63, 3.8) is 0 Å². The van der Waals surface area contributed by atoms with Crippen molar-refractivity contribution in [2.75, 3.05) is 0 Å². The third kappa shape index (κ3) is 2.25. The highest BCUT2D eigenvalue weighted by atomic mass is 16.5. The lowest BCUT2D eigenvalue weighted by atomic mass is 10.1. The Balaban J connectivity index is 2.43. The van der Waals surface area contributed by atoms with E-state index >= 15 is 0 Å². The number of carboxylic acid groups (broad SMARTS) is 1. The van der Waals surface area contributed by atoms with Gasteiger partial charge in [0.15, 0.2) is 5.82 Å². The number of hydrogen-bond acceptors (Lipinski definition) is 4. The fraction of sp³-hybridized carbons (Fsp3) is 0.308. The number of hydrogen-bond donors (Lipinski definition) is 1. The minimum absolute atomic E-state index is 0.164. The second kappa shape index (κ2) is 5.00. The lowest BCUT2D eigenvalue weighted by Gasteiger charge is -2.00. The van der Waals surface area contributed by atoms with Crippen LogP contribution in [-0.4, -0.2) is 21.2 Å². The molecule has 1 N–H and O–H groups in total. The molecule has 5 nitrogen and oxygen atoms in total. The second-order valence-corrected chi connectivity index (χ2v) is 4.12. The fourth-order valence-electron chi connectivity index (χ4n) is 1.58. The van der Waals surface area contributed by atoms with E-state index in [0.29, 0.717) is 11.4 Å². The molecule has 0 aliphatic rings. The van der Waals surface area contributed by atoms with Crippen molar-refractivity contribution in [2.45, 2.75) is 26.2 Å². The smallest absolute Gasteiger partial charge is 0.336 e. The molecule has 1 heterocycles. The molecule has 0 saturated heterocycles. The molecule has 0 amide bonds. The molecular weight excluding hydrogens is 232 g/mol. The van der Waals surface area contributed by atoms with Crippen LogP contribution >= 0.6 is 0 Å². The summed E-state index contributed by atoms with van der Waals surface area (Å²) in [6.07, 6.45) is 0.902. The highest BCUT2D eigenvalue weighted by Gasteiger charge is 2.18. The Bertz CT molecular complexity index is 563. The standard InChI is InChI=1S/C13H14N2O3/c1-3-8(2)11-14-12(18-15-11)9-6-4-5-7-10(9)13(16)17/h4-8H,3H2,1-2H3,(H,16,17). The van der Waals surface area contributed by atoms with Gasteiger partial charge in [-0.1, -0.05) is 31.1 Å². The third-order valence-corrected chi connectivity index (χ3v) is 2.88. The topological polar surface area (TPSA) is 76.2 Å². The van der Waals surface area contributed by atoms with Crippen molar-refractivity contribution < 1.29 is 14.4 Å². The zero-order valence-corrected chi connectivity index (χ0v) is 10.3. The molecule has 0 aliphatic carbocycles. The van der Waals surface area contributed by atoms with Crippen molar-refractivity contribution in [2.24, 2.45) is 0 Å². The van der Waals surface area contributed by atoms with Crippen LogP contribution in [0, 0.1) is 0 Å². The SMILES string of the molecule is CCC(C)c1noc(-c2ccccc2C(=O)O)n1. The fourth-order valence-corrected chi connectivity index (χ4v) is 1.58. The normalized spacial score (nSPS) is 12.3. The van der Waals surface area contributed by atoms with Crippen LogP contribution in [0.4, 0.5) is 0 Å². The van der Waals surface area contributed by atoms with Gasteiger partial charge in [0.1, 0.15) is 0 Å². The number of carboxylic acids is 1. The van der Waals surface area contributed by atoms with Gasteiger partial charge in [0.2, 0.25) is 0 Å². The van der Waals surface area contributed by atoms with E-state index in [4.69, 9.17) is 9.63 Å². The summed E-state index contributed by atoms with van der Waals surface area (Å²) in [6, 6.07) is 6.59. The molecule has 0 bridgehead atoms. The highest BCUT2D eigenvalue weighted by molar-refractivity contribution is 5.94. The van der Waals surface area contributed by atoms with Crippen molar-refractivity contribution in [1.29, 1.82) is 0 Å². The molecule has 0 radical (unpaired) electrons. The lowest BCUT2D eigenvalue weighted by Crippen LogP contribution is -1.99. The Morgan fingerprint density at radius 2 is 2.17 bits per heavy atom. The molecule has 0 fully saturated rings. The molecule has 5 heteroatoms. The number of nitrogens with zero attached hydrogens (tertiary/aromatic N) is 2. The van der Waals surface area contributed by atoms with Gasteiger partial charge in [0.05, 0.1) is 11.1 Å². The molecule has 2 rings (SSSR count). The summed E-state index contributed by atoms with van der Waals surface area (Å²) in [5.41, 5.74) is 0.615. The Morgan fingerprint density at radius 1 is 1.44 bits per heavy atom. The van der Waals surface area contributed by atoms with Crippen LogP contribution < -0.4 is 0 Å². The Labute approximate surface area is 104 Å². The number of aromatic carboxylic acids is 1. The average Bonchev–Trinajstić information content (AvgIpc) is 2.87. The van der Waals surface area contributed by atoms with Gasteiger partial charge in [-0.05, 0) is 18.6 Å². The molecule has 2 aromatic rings. The van der Waals surface area contributed by atoms with Gasteiger partial charge in [-0.25, -0.2) is 4.79 Å². The molecule has 0 aliphatic heterocycles. The summed E-state index contributed by atoms with van der Waals surface area (Å²) in [5.74, 6) is 0.0457. The molecule has 0 spiro atoms. The molecule has 0 saturated carbocycles. The first-order valence-corrected chi connectivity index (χ1v) is 5.79. The van der Waals surface area contributed by atoms with Gasteiger partial charge in [-0.3, -0.25) is 0 Å². The van der Waals surface area contributed by atoms with E-state index < -0.39 is 5.97 Å². The summed E-state index contributed by atoms with van der Waals surface area (Å²) in [7, 11) is 0. The van der Waals surface area contributed by atoms with Crippen LogP contribution in [0.15, 0.2) is 28.8 Å². The summed E-state index contributed by atoms with van der Waals surface area (Å²) >= 11 is 0. The number of benzene rings is 1. The first kappa shape index (κ1) is 12.3. The first-order valence-electron chi connectivity index (χ1n) is 5.79. The maximum Gasteiger partial charge on any atom is 0.336 e. The maximum absolute atomic E-state index is 11.1. The number of aromatic nitrogens is 2. The van der Waals surface area contributed by atoms with Gasteiger partial charge >= 0.3 is 5.97 Å². The second-order valence-electron chi connectivity index (χ2n) is 4.12. The summed E-state index contributed by atoms with van der Waals surface area (Å²) < 4.78 is 5.14. The molecule has 1 aromatic heterocycles. The molecular formula is C13H14N2O3. The predicted octanol–water partition coefficient (Wildman–Crippen LogP) is 2.95. The monoisotopic (exact) mass is 246 g/mol. The van der Waals surface area contributed by atoms with Crippen LogP contribution in [0.5, 0.6) is 0 Å². The zero-order chi connectivity index (χ0) is 13.1. The van der Waals surface area contributed by atoms with E-state index in [1.54, 1.807) is 18.2 Å². The predicted molar refractivity (Wildman–Crippen MR) is 65.4 cm³/mol. The van der Waals surface area contributed by atoms with Gasteiger partial charge in [-0.15, -0.1) is 0 Å². The Hall–Kier alpha value is -2.17. The zero-order valence-electron chi connectivity index (χ0n) is 10.3. The van der Waals surface area contributed by atoms with Gasteiger partial charge in [0, 0.05) is 5.92 Å². The summed E-state index contributed by atoms with van der Waals surface area (Å²) in [5, 5.41) is 13.0. The van der Waals surface area contributed by atoms with Crippen molar-refractivity contribution >= 4 is 5.97 Å². The number of carbonyl (C=O) groups is 1. The molecule has 18 heavy (non-hydrogen) atoms. The molecule has 1 aromatic carbocycles. The lowest BCUT2D eigenvalue weighted by molar-refractivity contribution is 0.0697. The summed E-state index contributed by atoms with van der Waals surface area (Å²) in [4.78, 5) is 15.4. The van der Waals surface area contributed by atoms with Crippen LogP contribution in [0.25, 0.3) is 11.5 Å². The minimum Gasteiger partial charge on any atom is -0.478 e. The maximum atomic E-state index is 11.1. The van der Waals surface area contributed by atoms with Gasteiger partial charge in [0.25, 0.3) is 5.89 Å². The van der Waals surface area contributed by atoms with Crippen LogP contribution in [-0.2, 0) is 0 Å². The third-order valence-electron chi connectivity index (χ3n) is 2.88. The molecule has 94 valence electrons. The molecule has 1 unspecified atom stereocenters. The van der Waals surface area contributed by atoms with E-state index in [9.17, 15) is 4.79 Å². The first-order chi connectivity index (χ1) is 8.63. The van der Waals surface area contributed by atoms with Gasteiger partial charge < -0.3 is 9.63 Å². The van der Waals surface area contributed by atoms with E-state index in [2.05, 4.69) is 10.1 Å². The van der Waals surface area contributed by atoms with E-state index in [1.165, 1.54) is 6.07 Å². The number of rotatable bonds is 4. The minimum atomic E-state index is -1.01. The van der Waals surface area contributed by atoms with E-state index in [1.807, 2.05) is 13.8 Å². The van der Waals surface area contributed by atoms with Crippen molar-refractivity contribution in [3.8, 4) is 11.5 Å². The molecule has 1 atom stereocenters. The summed E-state index contributed by atoms with van der Waals surface area (Å²) in [6.45, 7) is 4.03.